The molecule has 0 aromatic heterocycles. The Morgan fingerprint density at radius 3 is 2.80 bits per heavy atom. The molecule has 0 aliphatic carbocycles. The molecule has 0 radical (unpaired) electrons. The molecule has 20 heavy (non-hydrogen) atoms. The standard InChI is InChI=1S/C17H19ClN2/c1-12-9-13-5-2-3-8-16(13)20(12)17(11-19)14-6-4-7-15(18)10-14/h2-8,10,12,17H,9,11,19H2,1H3. The van der Waals surface area contributed by atoms with Gasteiger partial charge in [0, 0.05) is 23.3 Å². The molecule has 0 spiro atoms. The van der Waals surface area contributed by atoms with Crippen LogP contribution in [0.2, 0.25) is 5.02 Å². The molecule has 2 atom stereocenters. The number of fused-ring (bicyclic) bond motifs is 1. The number of anilines is 1. The Balaban J connectivity index is 2.02. The molecule has 1 aliphatic heterocycles. The zero-order valence-electron chi connectivity index (χ0n) is 11.6. The van der Waals surface area contributed by atoms with E-state index in [9.17, 15) is 0 Å². The van der Waals surface area contributed by atoms with Crippen LogP contribution in [0.3, 0.4) is 0 Å². The van der Waals surface area contributed by atoms with E-state index in [1.165, 1.54) is 16.8 Å². The summed E-state index contributed by atoms with van der Waals surface area (Å²) in [5.74, 6) is 0. The summed E-state index contributed by atoms with van der Waals surface area (Å²) in [4.78, 5) is 2.43. The molecule has 2 aromatic carbocycles. The highest BCUT2D eigenvalue weighted by atomic mass is 35.5. The molecule has 3 heteroatoms. The van der Waals surface area contributed by atoms with Crippen LogP contribution in [0, 0.1) is 0 Å². The van der Waals surface area contributed by atoms with Gasteiger partial charge in [-0.3, -0.25) is 0 Å². The van der Waals surface area contributed by atoms with Crippen LogP contribution in [0.1, 0.15) is 24.1 Å². The SMILES string of the molecule is CC1Cc2ccccc2N1C(CN)c1cccc(Cl)c1. The van der Waals surface area contributed by atoms with Gasteiger partial charge in [-0.15, -0.1) is 0 Å². The number of hydrogen-bond acceptors (Lipinski definition) is 2. The average Bonchev–Trinajstić information content (AvgIpc) is 2.77. The summed E-state index contributed by atoms with van der Waals surface area (Å²) >= 11 is 6.13. The first-order valence-corrected chi connectivity index (χ1v) is 7.40. The van der Waals surface area contributed by atoms with Crippen molar-refractivity contribution in [3.8, 4) is 0 Å². The van der Waals surface area contributed by atoms with Crippen molar-refractivity contribution in [2.24, 2.45) is 5.73 Å². The molecule has 3 rings (SSSR count). The Morgan fingerprint density at radius 2 is 2.05 bits per heavy atom. The number of benzene rings is 2. The smallest absolute Gasteiger partial charge is 0.0668 e. The number of nitrogens with two attached hydrogens (primary N) is 1. The third-order valence-electron chi connectivity index (χ3n) is 4.05. The van der Waals surface area contributed by atoms with Crippen LogP contribution in [0.25, 0.3) is 0 Å². The number of hydrogen-bond donors (Lipinski definition) is 1. The zero-order valence-corrected chi connectivity index (χ0v) is 12.3. The average molecular weight is 287 g/mol. The Hall–Kier alpha value is -1.51. The molecule has 0 bridgehead atoms. The van der Waals surface area contributed by atoms with Gasteiger partial charge in [0.15, 0.2) is 0 Å². The predicted molar refractivity (Wildman–Crippen MR) is 85.3 cm³/mol. The molecule has 0 amide bonds. The van der Waals surface area contributed by atoms with E-state index in [4.69, 9.17) is 17.3 Å². The van der Waals surface area contributed by atoms with Crippen molar-refractivity contribution in [2.75, 3.05) is 11.4 Å². The van der Waals surface area contributed by atoms with E-state index in [1.807, 2.05) is 18.2 Å². The minimum atomic E-state index is 0.173. The van der Waals surface area contributed by atoms with Gasteiger partial charge < -0.3 is 10.6 Å². The number of para-hydroxylation sites is 1. The lowest BCUT2D eigenvalue weighted by molar-refractivity contribution is 0.569. The first-order valence-electron chi connectivity index (χ1n) is 7.02. The second kappa shape index (κ2) is 5.47. The van der Waals surface area contributed by atoms with Gasteiger partial charge in [-0.2, -0.15) is 0 Å². The summed E-state index contributed by atoms with van der Waals surface area (Å²) in [7, 11) is 0. The Morgan fingerprint density at radius 1 is 1.25 bits per heavy atom. The van der Waals surface area contributed by atoms with Crippen molar-refractivity contribution in [3.63, 3.8) is 0 Å². The fraction of sp³-hybridized carbons (Fsp3) is 0.294. The molecule has 0 saturated heterocycles. The highest BCUT2D eigenvalue weighted by Gasteiger charge is 2.31. The first-order chi connectivity index (χ1) is 9.70. The Labute approximate surface area is 125 Å². The van der Waals surface area contributed by atoms with E-state index < -0.39 is 0 Å². The molecule has 2 N–H and O–H groups in total. The number of rotatable bonds is 3. The monoisotopic (exact) mass is 286 g/mol. The van der Waals surface area contributed by atoms with Crippen molar-refractivity contribution in [3.05, 3.63) is 64.7 Å². The Kier molecular flexibility index (Phi) is 3.68. The summed E-state index contributed by atoms with van der Waals surface area (Å²) in [5.41, 5.74) is 9.96. The maximum Gasteiger partial charge on any atom is 0.0668 e. The lowest BCUT2D eigenvalue weighted by atomic mass is 10.0. The van der Waals surface area contributed by atoms with Crippen LogP contribution >= 0.6 is 11.6 Å². The summed E-state index contributed by atoms with van der Waals surface area (Å²) in [6, 6.07) is 17.2. The van der Waals surface area contributed by atoms with Gasteiger partial charge in [-0.05, 0) is 42.7 Å². The summed E-state index contributed by atoms with van der Waals surface area (Å²) < 4.78 is 0. The van der Waals surface area contributed by atoms with Gasteiger partial charge in [-0.1, -0.05) is 41.9 Å². The molecule has 0 fully saturated rings. The lowest BCUT2D eigenvalue weighted by Gasteiger charge is -2.34. The van der Waals surface area contributed by atoms with Crippen molar-refractivity contribution < 1.29 is 0 Å². The van der Waals surface area contributed by atoms with Crippen LogP contribution in [-0.4, -0.2) is 12.6 Å². The van der Waals surface area contributed by atoms with Crippen molar-refractivity contribution >= 4 is 17.3 Å². The van der Waals surface area contributed by atoms with Gasteiger partial charge in [-0.25, -0.2) is 0 Å². The first kappa shape index (κ1) is 13.5. The molecule has 2 aromatic rings. The highest BCUT2D eigenvalue weighted by Crippen LogP contribution is 2.38. The molecule has 2 nitrogen and oxygen atoms in total. The third-order valence-corrected chi connectivity index (χ3v) is 4.29. The van der Waals surface area contributed by atoms with Gasteiger partial charge in [0.1, 0.15) is 0 Å². The maximum absolute atomic E-state index is 6.13. The van der Waals surface area contributed by atoms with Crippen molar-refractivity contribution in [1.82, 2.24) is 0 Å². The van der Waals surface area contributed by atoms with Gasteiger partial charge in [0.2, 0.25) is 0 Å². The highest BCUT2D eigenvalue weighted by molar-refractivity contribution is 6.30. The second-order valence-corrected chi connectivity index (χ2v) is 5.83. The fourth-order valence-corrected chi connectivity index (χ4v) is 3.39. The number of halogens is 1. The second-order valence-electron chi connectivity index (χ2n) is 5.40. The molecule has 0 saturated carbocycles. The van der Waals surface area contributed by atoms with E-state index in [-0.39, 0.29) is 6.04 Å². The normalized spacial score (nSPS) is 18.9. The van der Waals surface area contributed by atoms with Crippen LogP contribution in [0.4, 0.5) is 5.69 Å². The zero-order chi connectivity index (χ0) is 14.1. The van der Waals surface area contributed by atoms with E-state index >= 15 is 0 Å². The topological polar surface area (TPSA) is 29.3 Å². The molecular weight excluding hydrogens is 268 g/mol. The largest absolute Gasteiger partial charge is 0.360 e. The van der Waals surface area contributed by atoms with Crippen LogP contribution in [-0.2, 0) is 6.42 Å². The van der Waals surface area contributed by atoms with Crippen LogP contribution in [0.5, 0.6) is 0 Å². The Bertz CT molecular complexity index is 611. The minimum absolute atomic E-state index is 0.173. The van der Waals surface area contributed by atoms with Crippen molar-refractivity contribution in [2.45, 2.75) is 25.4 Å². The van der Waals surface area contributed by atoms with E-state index in [0.717, 1.165) is 11.4 Å². The van der Waals surface area contributed by atoms with Gasteiger partial charge in [0.05, 0.1) is 6.04 Å². The van der Waals surface area contributed by atoms with E-state index in [1.54, 1.807) is 0 Å². The van der Waals surface area contributed by atoms with E-state index in [2.05, 4.69) is 42.2 Å². The predicted octanol–water partition coefficient (Wildman–Crippen LogP) is 3.79. The number of nitrogens with zero attached hydrogens (tertiary/aromatic N) is 1. The molecule has 2 unspecified atom stereocenters. The molecular formula is C17H19ClN2. The third kappa shape index (κ3) is 2.30. The van der Waals surface area contributed by atoms with Crippen LogP contribution in [0.15, 0.2) is 48.5 Å². The summed E-state index contributed by atoms with van der Waals surface area (Å²) in [5, 5.41) is 0.765. The maximum atomic E-state index is 6.13. The molecule has 104 valence electrons. The van der Waals surface area contributed by atoms with Crippen LogP contribution < -0.4 is 10.6 Å². The lowest BCUT2D eigenvalue weighted by Crippen LogP contribution is -2.37. The summed E-state index contributed by atoms with van der Waals surface area (Å²) in [6.45, 7) is 2.84. The fourth-order valence-electron chi connectivity index (χ4n) is 3.19. The van der Waals surface area contributed by atoms with Crippen molar-refractivity contribution in [1.29, 1.82) is 0 Å². The van der Waals surface area contributed by atoms with Gasteiger partial charge >= 0.3 is 0 Å². The molecule has 1 aliphatic rings. The quantitative estimate of drug-likeness (QED) is 0.930. The summed E-state index contributed by atoms with van der Waals surface area (Å²) in [6.07, 6.45) is 1.08. The molecule has 1 heterocycles. The van der Waals surface area contributed by atoms with Gasteiger partial charge in [0.25, 0.3) is 0 Å². The minimum Gasteiger partial charge on any atom is -0.360 e. The van der Waals surface area contributed by atoms with E-state index in [0.29, 0.717) is 12.6 Å².